The zero-order valence-electron chi connectivity index (χ0n) is 5.46. The number of guanidine groups is 1. The Kier molecular flexibility index (Phi) is 3.15. The van der Waals surface area contributed by atoms with Gasteiger partial charge < -0.3 is 5.73 Å². The second-order valence-electron chi connectivity index (χ2n) is 2.03. The Balaban J connectivity index is 0.000000810. The Morgan fingerprint density at radius 3 is 2.50 bits per heavy atom. The molecule has 1 heterocycles. The van der Waals surface area contributed by atoms with Crippen molar-refractivity contribution < 1.29 is 4.79 Å². The summed E-state index contributed by atoms with van der Waals surface area (Å²) in [5, 5.41) is 6.90. The summed E-state index contributed by atoms with van der Waals surface area (Å²) < 4.78 is 0. The molecule has 58 valence electrons. The van der Waals surface area contributed by atoms with Crippen LogP contribution in [0.4, 0.5) is 0 Å². The smallest absolute Gasteiger partial charge is 0.229 e. The van der Waals surface area contributed by atoms with Crippen LogP contribution in [0.1, 0.15) is 12.8 Å². The predicted octanol–water partition coefficient (Wildman–Crippen LogP) is -0.0759. The number of amides is 1. The van der Waals surface area contributed by atoms with E-state index in [4.69, 9.17) is 11.1 Å². The zero-order valence-corrected chi connectivity index (χ0v) is 6.28. The molecule has 0 atom stereocenters. The lowest BCUT2D eigenvalue weighted by molar-refractivity contribution is -0.124. The van der Waals surface area contributed by atoms with Crippen molar-refractivity contribution in [2.75, 3.05) is 6.54 Å². The van der Waals surface area contributed by atoms with Crippen LogP contribution in [0.25, 0.3) is 0 Å². The lowest BCUT2D eigenvalue weighted by atomic mass is 10.4. The van der Waals surface area contributed by atoms with Crippen molar-refractivity contribution in [1.82, 2.24) is 4.90 Å². The summed E-state index contributed by atoms with van der Waals surface area (Å²) in [6.07, 6.45) is 1.37. The van der Waals surface area contributed by atoms with Crippen molar-refractivity contribution >= 4 is 24.3 Å². The third kappa shape index (κ3) is 1.60. The average molecular weight is 164 g/mol. The minimum absolute atomic E-state index is 0. The van der Waals surface area contributed by atoms with Crippen molar-refractivity contribution in [1.29, 1.82) is 5.41 Å². The number of nitrogens with one attached hydrogen (secondary N) is 1. The molecule has 0 spiro atoms. The topological polar surface area (TPSA) is 70.2 Å². The molecule has 0 aliphatic carbocycles. The molecule has 0 aromatic heterocycles. The first-order valence-electron chi connectivity index (χ1n) is 2.86. The Morgan fingerprint density at radius 2 is 2.30 bits per heavy atom. The zero-order chi connectivity index (χ0) is 6.85. The van der Waals surface area contributed by atoms with Gasteiger partial charge >= 0.3 is 0 Å². The third-order valence-electron chi connectivity index (χ3n) is 1.36. The third-order valence-corrected chi connectivity index (χ3v) is 1.36. The number of likely N-dealkylation sites (tertiary alicyclic amines) is 1. The van der Waals surface area contributed by atoms with Gasteiger partial charge in [-0.25, -0.2) is 0 Å². The molecular formula is C5H10ClN3O. The molecule has 0 aromatic rings. The van der Waals surface area contributed by atoms with Gasteiger partial charge in [-0.05, 0) is 6.42 Å². The number of halogens is 1. The molecule has 10 heavy (non-hydrogen) atoms. The molecule has 0 radical (unpaired) electrons. The van der Waals surface area contributed by atoms with E-state index in [0.717, 1.165) is 6.42 Å². The van der Waals surface area contributed by atoms with Gasteiger partial charge in [-0.3, -0.25) is 15.1 Å². The highest BCUT2D eigenvalue weighted by atomic mass is 35.5. The highest BCUT2D eigenvalue weighted by Crippen LogP contribution is 2.07. The Bertz CT molecular complexity index is 159. The fraction of sp³-hybridized carbons (Fsp3) is 0.600. The molecule has 5 heteroatoms. The van der Waals surface area contributed by atoms with E-state index >= 15 is 0 Å². The van der Waals surface area contributed by atoms with E-state index in [1.54, 1.807) is 0 Å². The maximum absolute atomic E-state index is 10.7. The maximum atomic E-state index is 10.7. The summed E-state index contributed by atoms with van der Waals surface area (Å²) in [5.41, 5.74) is 5.08. The van der Waals surface area contributed by atoms with Gasteiger partial charge in [0.05, 0.1) is 0 Å². The Hall–Kier alpha value is -0.770. The van der Waals surface area contributed by atoms with Crippen LogP contribution < -0.4 is 5.73 Å². The molecule has 1 aliphatic heterocycles. The molecule has 1 rings (SSSR count). The normalized spacial score (nSPS) is 16.8. The van der Waals surface area contributed by atoms with Crippen LogP contribution in [0.2, 0.25) is 0 Å². The highest BCUT2D eigenvalue weighted by Gasteiger charge is 2.21. The Labute approximate surface area is 65.3 Å². The molecule has 1 aliphatic rings. The second kappa shape index (κ2) is 3.41. The summed E-state index contributed by atoms with van der Waals surface area (Å²) in [4.78, 5) is 12.0. The van der Waals surface area contributed by atoms with E-state index in [2.05, 4.69) is 0 Å². The summed E-state index contributed by atoms with van der Waals surface area (Å²) >= 11 is 0. The van der Waals surface area contributed by atoms with Crippen LogP contribution in [0.15, 0.2) is 0 Å². The number of carbonyl (C=O) groups is 1. The molecule has 0 unspecified atom stereocenters. The lowest BCUT2D eigenvalue weighted by Gasteiger charge is -2.10. The molecule has 0 aromatic carbocycles. The molecule has 0 saturated carbocycles. The summed E-state index contributed by atoms with van der Waals surface area (Å²) in [5.74, 6) is -0.153. The van der Waals surface area contributed by atoms with E-state index in [-0.39, 0.29) is 24.3 Å². The maximum Gasteiger partial charge on any atom is 0.229 e. The number of hydrogen-bond donors (Lipinski definition) is 2. The van der Waals surface area contributed by atoms with E-state index in [9.17, 15) is 4.79 Å². The highest BCUT2D eigenvalue weighted by molar-refractivity contribution is 5.96. The second-order valence-corrected chi connectivity index (χ2v) is 2.03. The molecule has 4 nitrogen and oxygen atoms in total. The standard InChI is InChI=1S/C5H9N3O.ClH/c6-5(7)8-3-1-2-4(8)9;/h1-3H2,(H3,6,7);1H. The van der Waals surface area contributed by atoms with Crippen LogP contribution in [0, 0.1) is 5.41 Å². The van der Waals surface area contributed by atoms with Crippen molar-refractivity contribution in [3.05, 3.63) is 0 Å². The van der Waals surface area contributed by atoms with Crippen LogP contribution in [-0.4, -0.2) is 23.3 Å². The first-order valence-corrected chi connectivity index (χ1v) is 2.86. The first kappa shape index (κ1) is 9.23. The summed E-state index contributed by atoms with van der Waals surface area (Å²) in [6.45, 7) is 0.619. The number of hydrogen-bond acceptors (Lipinski definition) is 2. The summed E-state index contributed by atoms with van der Waals surface area (Å²) in [7, 11) is 0. The van der Waals surface area contributed by atoms with Crippen molar-refractivity contribution in [2.24, 2.45) is 5.73 Å². The van der Waals surface area contributed by atoms with Gasteiger partial charge in [-0.1, -0.05) is 0 Å². The van der Waals surface area contributed by atoms with Crippen molar-refractivity contribution in [3.63, 3.8) is 0 Å². The molecule has 0 bridgehead atoms. The minimum atomic E-state index is -0.127. The van der Waals surface area contributed by atoms with Gasteiger partial charge in [-0.15, -0.1) is 12.4 Å². The lowest BCUT2D eigenvalue weighted by Crippen LogP contribution is -2.36. The van der Waals surface area contributed by atoms with Crippen LogP contribution in [-0.2, 0) is 4.79 Å². The van der Waals surface area contributed by atoms with Gasteiger partial charge in [0.1, 0.15) is 0 Å². The van der Waals surface area contributed by atoms with Gasteiger partial charge in [-0.2, -0.15) is 0 Å². The number of nitrogens with two attached hydrogens (primary N) is 1. The molecular weight excluding hydrogens is 154 g/mol. The van der Waals surface area contributed by atoms with Crippen molar-refractivity contribution in [3.8, 4) is 0 Å². The minimum Gasteiger partial charge on any atom is -0.370 e. The van der Waals surface area contributed by atoms with E-state index in [1.165, 1.54) is 4.90 Å². The molecule has 1 fully saturated rings. The fourth-order valence-corrected chi connectivity index (χ4v) is 0.903. The largest absolute Gasteiger partial charge is 0.370 e. The number of carbonyl (C=O) groups excluding carboxylic acids is 1. The molecule has 1 saturated heterocycles. The number of rotatable bonds is 0. The van der Waals surface area contributed by atoms with Crippen LogP contribution >= 0.6 is 12.4 Å². The van der Waals surface area contributed by atoms with E-state index < -0.39 is 0 Å². The fourth-order valence-electron chi connectivity index (χ4n) is 0.903. The SMILES string of the molecule is Cl.N=C(N)N1CCCC1=O. The Morgan fingerprint density at radius 1 is 1.70 bits per heavy atom. The van der Waals surface area contributed by atoms with Gasteiger partial charge in [0.25, 0.3) is 0 Å². The van der Waals surface area contributed by atoms with E-state index in [1.807, 2.05) is 0 Å². The van der Waals surface area contributed by atoms with Gasteiger partial charge in [0.2, 0.25) is 5.91 Å². The van der Waals surface area contributed by atoms with Gasteiger partial charge in [0.15, 0.2) is 5.96 Å². The predicted molar refractivity (Wildman–Crippen MR) is 40.1 cm³/mol. The average Bonchev–Trinajstić information content (AvgIpc) is 2.13. The van der Waals surface area contributed by atoms with Crippen molar-refractivity contribution in [2.45, 2.75) is 12.8 Å². The monoisotopic (exact) mass is 163 g/mol. The number of nitrogens with zero attached hydrogens (tertiary/aromatic N) is 1. The molecule has 1 amide bonds. The van der Waals surface area contributed by atoms with Gasteiger partial charge in [0, 0.05) is 13.0 Å². The van der Waals surface area contributed by atoms with Crippen LogP contribution in [0.5, 0.6) is 0 Å². The first-order chi connectivity index (χ1) is 4.22. The summed E-state index contributed by atoms with van der Waals surface area (Å²) in [6, 6.07) is 0. The quantitative estimate of drug-likeness (QED) is 0.388. The van der Waals surface area contributed by atoms with E-state index in [0.29, 0.717) is 13.0 Å². The molecule has 3 N–H and O–H groups in total. The van der Waals surface area contributed by atoms with Crippen LogP contribution in [0.3, 0.4) is 0 Å².